The minimum Gasteiger partial charge on any atom is -0.480 e. The molecule has 0 bridgehead atoms. The van der Waals surface area contributed by atoms with E-state index in [2.05, 4.69) is 5.32 Å². The Kier molecular flexibility index (Phi) is 5.98. The molecule has 0 aromatic carbocycles. The van der Waals surface area contributed by atoms with Gasteiger partial charge in [0.1, 0.15) is 6.04 Å². The van der Waals surface area contributed by atoms with Gasteiger partial charge in [0.05, 0.1) is 0 Å². The van der Waals surface area contributed by atoms with Gasteiger partial charge in [0.25, 0.3) is 0 Å². The van der Waals surface area contributed by atoms with Crippen LogP contribution in [0.4, 0.5) is 0 Å². The Morgan fingerprint density at radius 3 is 2.30 bits per heavy atom. The van der Waals surface area contributed by atoms with Gasteiger partial charge in [0.15, 0.2) is 0 Å². The van der Waals surface area contributed by atoms with Crippen molar-refractivity contribution in [2.75, 3.05) is 6.54 Å². The van der Waals surface area contributed by atoms with Crippen molar-refractivity contribution in [3.05, 3.63) is 0 Å². The van der Waals surface area contributed by atoms with Crippen molar-refractivity contribution >= 4 is 17.8 Å². The van der Waals surface area contributed by atoms with Crippen LogP contribution in [0, 0.1) is 5.92 Å². The molecule has 0 aromatic heterocycles. The molecular weight excluding hydrogens is 260 g/mol. The first-order valence-electron chi connectivity index (χ1n) is 7.13. The fourth-order valence-electron chi connectivity index (χ4n) is 2.09. The van der Waals surface area contributed by atoms with Crippen LogP contribution in [0.3, 0.4) is 0 Å². The van der Waals surface area contributed by atoms with Gasteiger partial charge in [-0.2, -0.15) is 0 Å². The largest absolute Gasteiger partial charge is 0.480 e. The van der Waals surface area contributed by atoms with E-state index in [-0.39, 0.29) is 36.7 Å². The lowest BCUT2D eigenvalue weighted by Gasteiger charge is -2.26. The number of nitrogens with one attached hydrogen (secondary N) is 1. The highest BCUT2D eigenvalue weighted by Gasteiger charge is 2.37. The molecule has 1 aliphatic rings. The number of rotatable bonds is 8. The summed E-state index contributed by atoms with van der Waals surface area (Å²) in [5.74, 6) is -0.987. The molecule has 1 unspecified atom stereocenters. The molecule has 0 aliphatic heterocycles. The Labute approximate surface area is 119 Å². The predicted molar refractivity (Wildman–Crippen MR) is 74.0 cm³/mol. The van der Waals surface area contributed by atoms with Crippen molar-refractivity contribution in [1.29, 1.82) is 0 Å². The number of hydrogen-bond acceptors (Lipinski definition) is 3. The second-order valence-electron chi connectivity index (χ2n) is 5.74. The molecule has 1 fully saturated rings. The van der Waals surface area contributed by atoms with E-state index in [0.29, 0.717) is 6.42 Å². The molecular formula is C14H24N2O4. The summed E-state index contributed by atoms with van der Waals surface area (Å²) in [5, 5.41) is 11.7. The number of nitrogens with zero attached hydrogens (tertiary/aromatic N) is 1. The summed E-state index contributed by atoms with van der Waals surface area (Å²) in [6.45, 7) is 5.69. The highest BCUT2D eigenvalue weighted by Crippen LogP contribution is 2.29. The molecule has 0 aromatic rings. The van der Waals surface area contributed by atoms with Crippen molar-refractivity contribution in [2.45, 2.75) is 58.5 Å². The zero-order valence-electron chi connectivity index (χ0n) is 12.4. The van der Waals surface area contributed by atoms with E-state index in [1.807, 2.05) is 13.8 Å². The first-order chi connectivity index (χ1) is 9.32. The van der Waals surface area contributed by atoms with E-state index in [0.717, 1.165) is 12.8 Å². The first kappa shape index (κ1) is 16.5. The average molecular weight is 284 g/mol. The second-order valence-corrected chi connectivity index (χ2v) is 5.74. The Balaban J connectivity index is 2.39. The SMILES string of the molecule is CC(C)CC(=O)NCCC(=O)N(C1CC1)C(C)C(=O)O. The molecule has 1 atom stereocenters. The summed E-state index contributed by atoms with van der Waals surface area (Å²) in [4.78, 5) is 36.0. The van der Waals surface area contributed by atoms with Crippen LogP contribution in [0.15, 0.2) is 0 Å². The van der Waals surface area contributed by atoms with Gasteiger partial charge in [-0.3, -0.25) is 9.59 Å². The molecule has 6 heteroatoms. The molecule has 2 amide bonds. The Morgan fingerprint density at radius 1 is 1.25 bits per heavy atom. The number of carboxylic acids is 1. The van der Waals surface area contributed by atoms with E-state index in [1.165, 1.54) is 11.8 Å². The molecule has 6 nitrogen and oxygen atoms in total. The molecule has 0 saturated heterocycles. The Hall–Kier alpha value is -1.59. The summed E-state index contributed by atoms with van der Waals surface area (Å²) in [7, 11) is 0. The quantitative estimate of drug-likeness (QED) is 0.696. The summed E-state index contributed by atoms with van der Waals surface area (Å²) in [6.07, 6.45) is 2.32. The van der Waals surface area contributed by atoms with Gasteiger partial charge < -0.3 is 15.3 Å². The summed E-state index contributed by atoms with van der Waals surface area (Å²) >= 11 is 0. The molecule has 2 N–H and O–H groups in total. The minimum absolute atomic E-state index is 0.0555. The van der Waals surface area contributed by atoms with Crippen LogP contribution in [0.25, 0.3) is 0 Å². The van der Waals surface area contributed by atoms with E-state index >= 15 is 0 Å². The normalized spacial score (nSPS) is 15.8. The molecule has 0 spiro atoms. The van der Waals surface area contributed by atoms with Gasteiger partial charge in [-0.15, -0.1) is 0 Å². The van der Waals surface area contributed by atoms with Crippen LogP contribution in [-0.2, 0) is 14.4 Å². The highest BCUT2D eigenvalue weighted by molar-refractivity contribution is 5.84. The topological polar surface area (TPSA) is 86.7 Å². The summed E-state index contributed by atoms with van der Waals surface area (Å²) in [6, 6.07) is -0.749. The van der Waals surface area contributed by atoms with Gasteiger partial charge in [0, 0.05) is 25.4 Å². The van der Waals surface area contributed by atoms with Crippen LogP contribution in [0.5, 0.6) is 0 Å². The van der Waals surface area contributed by atoms with Crippen molar-refractivity contribution in [1.82, 2.24) is 10.2 Å². The van der Waals surface area contributed by atoms with Gasteiger partial charge in [-0.05, 0) is 25.7 Å². The fourth-order valence-corrected chi connectivity index (χ4v) is 2.09. The van der Waals surface area contributed by atoms with Gasteiger partial charge in [0.2, 0.25) is 11.8 Å². The van der Waals surface area contributed by atoms with Crippen LogP contribution < -0.4 is 5.32 Å². The maximum absolute atomic E-state index is 12.1. The molecule has 1 saturated carbocycles. The Morgan fingerprint density at radius 2 is 1.85 bits per heavy atom. The lowest BCUT2D eigenvalue weighted by Crippen LogP contribution is -2.45. The lowest BCUT2D eigenvalue weighted by atomic mass is 10.1. The van der Waals surface area contributed by atoms with Gasteiger partial charge in [-0.1, -0.05) is 13.8 Å². The number of carbonyl (C=O) groups excluding carboxylic acids is 2. The number of hydrogen-bond donors (Lipinski definition) is 2. The second kappa shape index (κ2) is 7.26. The van der Waals surface area contributed by atoms with E-state index < -0.39 is 12.0 Å². The molecule has 1 aliphatic carbocycles. The molecule has 0 heterocycles. The van der Waals surface area contributed by atoms with Crippen LogP contribution in [0.1, 0.15) is 46.5 Å². The molecule has 114 valence electrons. The minimum atomic E-state index is -0.992. The van der Waals surface area contributed by atoms with Crippen LogP contribution in [-0.4, -0.2) is 46.4 Å². The third kappa shape index (κ3) is 5.19. The van der Waals surface area contributed by atoms with Crippen molar-refractivity contribution in [3.8, 4) is 0 Å². The molecule has 20 heavy (non-hydrogen) atoms. The van der Waals surface area contributed by atoms with Gasteiger partial charge >= 0.3 is 5.97 Å². The number of carbonyl (C=O) groups is 3. The van der Waals surface area contributed by atoms with Crippen molar-refractivity contribution in [2.24, 2.45) is 5.92 Å². The zero-order chi connectivity index (χ0) is 15.3. The third-order valence-electron chi connectivity index (χ3n) is 3.26. The fraction of sp³-hybridized carbons (Fsp3) is 0.786. The maximum atomic E-state index is 12.1. The van der Waals surface area contributed by atoms with E-state index in [1.54, 1.807) is 0 Å². The lowest BCUT2D eigenvalue weighted by molar-refractivity contribution is -0.150. The van der Waals surface area contributed by atoms with Crippen molar-refractivity contribution in [3.63, 3.8) is 0 Å². The highest BCUT2D eigenvalue weighted by atomic mass is 16.4. The number of amides is 2. The van der Waals surface area contributed by atoms with Crippen LogP contribution >= 0.6 is 0 Å². The third-order valence-corrected chi connectivity index (χ3v) is 3.26. The van der Waals surface area contributed by atoms with Gasteiger partial charge in [-0.25, -0.2) is 4.79 Å². The zero-order valence-corrected chi connectivity index (χ0v) is 12.4. The van der Waals surface area contributed by atoms with Crippen molar-refractivity contribution < 1.29 is 19.5 Å². The summed E-state index contributed by atoms with van der Waals surface area (Å²) in [5.41, 5.74) is 0. The monoisotopic (exact) mass is 284 g/mol. The van der Waals surface area contributed by atoms with E-state index in [9.17, 15) is 14.4 Å². The first-order valence-corrected chi connectivity index (χ1v) is 7.13. The van der Waals surface area contributed by atoms with Crippen LogP contribution in [0.2, 0.25) is 0 Å². The molecule has 0 radical (unpaired) electrons. The number of carboxylic acid groups (broad SMARTS) is 1. The predicted octanol–water partition coefficient (Wildman–Crippen LogP) is 1.00. The Bertz CT molecular complexity index is 377. The maximum Gasteiger partial charge on any atom is 0.326 e. The number of aliphatic carboxylic acids is 1. The summed E-state index contributed by atoms with van der Waals surface area (Å²) < 4.78 is 0. The smallest absolute Gasteiger partial charge is 0.326 e. The molecule has 1 rings (SSSR count). The standard InChI is InChI=1S/C14H24N2O4/c1-9(2)8-12(17)15-7-6-13(18)16(11-4-5-11)10(3)14(19)20/h9-11H,4-8H2,1-3H3,(H,15,17)(H,19,20). The van der Waals surface area contributed by atoms with E-state index in [4.69, 9.17) is 5.11 Å². The average Bonchev–Trinajstić information content (AvgIpc) is 3.12.